The second-order valence-corrected chi connectivity index (χ2v) is 7.71. The molecule has 0 saturated carbocycles. The van der Waals surface area contributed by atoms with E-state index in [0.717, 1.165) is 23.2 Å². The molecule has 1 amide bonds. The number of hydrogen-bond acceptors (Lipinski definition) is 6. The number of benzene rings is 2. The highest BCUT2D eigenvalue weighted by atomic mass is 16.5. The molecule has 1 atom stereocenters. The summed E-state index contributed by atoms with van der Waals surface area (Å²) in [6.45, 7) is 5.60. The van der Waals surface area contributed by atoms with Crippen LogP contribution in [0.25, 0.3) is 22.2 Å². The molecule has 0 bridgehead atoms. The van der Waals surface area contributed by atoms with Crippen LogP contribution in [0.4, 0.5) is 5.69 Å². The zero-order valence-electron chi connectivity index (χ0n) is 19.1. The van der Waals surface area contributed by atoms with Crippen molar-refractivity contribution < 1.29 is 14.1 Å². The number of carbonyl (C=O) groups excluding carboxylic acids is 1. The normalized spacial score (nSPS) is 12.0. The summed E-state index contributed by atoms with van der Waals surface area (Å²) in [5.41, 5.74) is 2.70. The smallest absolute Gasteiger partial charge is 0.297 e. The maximum atomic E-state index is 13.3. The van der Waals surface area contributed by atoms with Crippen LogP contribution in [0.5, 0.6) is 5.75 Å². The van der Waals surface area contributed by atoms with E-state index in [1.165, 1.54) is 4.68 Å². The van der Waals surface area contributed by atoms with E-state index >= 15 is 0 Å². The zero-order valence-corrected chi connectivity index (χ0v) is 19.1. The number of aryl methyl sites for hydroxylation is 2. The van der Waals surface area contributed by atoms with Crippen LogP contribution in [-0.4, -0.2) is 28.0 Å². The van der Waals surface area contributed by atoms with Gasteiger partial charge in [-0.05, 0) is 55.7 Å². The van der Waals surface area contributed by atoms with E-state index in [1.807, 2.05) is 62.4 Å². The molecule has 4 rings (SSSR count). The van der Waals surface area contributed by atoms with Gasteiger partial charge >= 0.3 is 0 Å². The molecule has 2 heterocycles. The fourth-order valence-corrected chi connectivity index (χ4v) is 3.91. The first-order valence-corrected chi connectivity index (χ1v) is 10.9. The van der Waals surface area contributed by atoms with E-state index in [1.54, 1.807) is 14.0 Å². The van der Waals surface area contributed by atoms with Gasteiger partial charge in [0, 0.05) is 11.3 Å². The Bertz CT molecular complexity index is 1360. The van der Waals surface area contributed by atoms with Crippen molar-refractivity contribution in [2.45, 2.75) is 39.7 Å². The maximum Gasteiger partial charge on any atom is 0.297 e. The van der Waals surface area contributed by atoms with Gasteiger partial charge in [0.05, 0.1) is 12.5 Å². The molecule has 0 aliphatic carbocycles. The van der Waals surface area contributed by atoms with E-state index < -0.39 is 11.6 Å². The summed E-state index contributed by atoms with van der Waals surface area (Å²) in [6, 6.07) is 14.1. The number of anilines is 1. The van der Waals surface area contributed by atoms with E-state index in [9.17, 15) is 9.59 Å². The average molecular weight is 447 g/mol. The zero-order chi connectivity index (χ0) is 23.5. The van der Waals surface area contributed by atoms with Gasteiger partial charge < -0.3 is 14.6 Å². The van der Waals surface area contributed by atoms with Crippen molar-refractivity contribution in [1.29, 1.82) is 0 Å². The summed E-state index contributed by atoms with van der Waals surface area (Å²) >= 11 is 0. The lowest BCUT2D eigenvalue weighted by Gasteiger charge is -2.19. The Hall–Kier alpha value is -3.94. The van der Waals surface area contributed by atoms with Crippen molar-refractivity contribution in [3.05, 3.63) is 70.2 Å². The number of ether oxygens (including phenoxy) is 1. The number of nitrogens with one attached hydrogen (secondary N) is 1. The van der Waals surface area contributed by atoms with Gasteiger partial charge in [-0.2, -0.15) is 5.10 Å². The van der Waals surface area contributed by atoms with Gasteiger partial charge in [0.1, 0.15) is 23.2 Å². The van der Waals surface area contributed by atoms with E-state index in [4.69, 9.17) is 9.26 Å². The number of para-hydroxylation sites is 1. The third-order valence-corrected chi connectivity index (χ3v) is 5.72. The van der Waals surface area contributed by atoms with Crippen LogP contribution in [0, 0.1) is 6.92 Å². The van der Waals surface area contributed by atoms with Gasteiger partial charge in [-0.1, -0.05) is 37.2 Å². The van der Waals surface area contributed by atoms with Gasteiger partial charge in [0.15, 0.2) is 5.52 Å². The molecule has 0 spiro atoms. The molecule has 8 nitrogen and oxygen atoms in total. The number of amides is 1. The fourth-order valence-electron chi connectivity index (χ4n) is 3.91. The predicted octanol–water partition coefficient (Wildman–Crippen LogP) is 4.52. The van der Waals surface area contributed by atoms with Crippen LogP contribution in [0.2, 0.25) is 0 Å². The second-order valence-electron chi connectivity index (χ2n) is 7.71. The quantitative estimate of drug-likeness (QED) is 0.448. The van der Waals surface area contributed by atoms with Gasteiger partial charge in [-0.25, -0.2) is 4.68 Å². The Morgan fingerprint density at radius 2 is 1.88 bits per heavy atom. The first kappa shape index (κ1) is 22.3. The molecule has 1 N–H and O–H groups in total. The molecule has 0 aliphatic rings. The number of hydrogen-bond donors (Lipinski definition) is 1. The fraction of sp³-hybridized carbons (Fsp3) is 0.280. The lowest BCUT2D eigenvalue weighted by molar-refractivity contribution is -0.119. The van der Waals surface area contributed by atoms with Gasteiger partial charge in [-0.15, -0.1) is 0 Å². The van der Waals surface area contributed by atoms with E-state index in [2.05, 4.69) is 15.6 Å². The Balaban J connectivity index is 1.82. The van der Waals surface area contributed by atoms with Crippen molar-refractivity contribution >= 4 is 22.5 Å². The molecule has 2 aromatic carbocycles. The highest BCUT2D eigenvalue weighted by Gasteiger charge is 2.26. The predicted molar refractivity (Wildman–Crippen MR) is 127 cm³/mol. The summed E-state index contributed by atoms with van der Waals surface area (Å²) < 4.78 is 11.8. The number of fused-ring (bicyclic) bond motifs is 1. The summed E-state index contributed by atoms with van der Waals surface area (Å²) in [5.74, 6) is 0.876. The minimum atomic E-state index is -0.819. The number of aromatic nitrogens is 3. The number of rotatable bonds is 7. The average Bonchev–Trinajstić information content (AvgIpc) is 3.23. The Morgan fingerprint density at radius 1 is 1.15 bits per heavy atom. The molecule has 170 valence electrons. The van der Waals surface area contributed by atoms with Crippen LogP contribution >= 0.6 is 0 Å². The van der Waals surface area contributed by atoms with Crippen molar-refractivity contribution in [3.63, 3.8) is 0 Å². The third kappa shape index (κ3) is 4.11. The first-order valence-electron chi connectivity index (χ1n) is 10.9. The van der Waals surface area contributed by atoms with Crippen LogP contribution < -0.4 is 15.6 Å². The molecular formula is C25H26N4O4. The third-order valence-electron chi connectivity index (χ3n) is 5.72. The lowest BCUT2D eigenvalue weighted by atomic mass is 10.1. The molecule has 33 heavy (non-hydrogen) atoms. The van der Waals surface area contributed by atoms with Gasteiger partial charge in [0.2, 0.25) is 5.91 Å². The Kier molecular flexibility index (Phi) is 6.26. The molecule has 8 heteroatoms. The lowest BCUT2D eigenvalue weighted by Crippen LogP contribution is -2.35. The molecule has 0 aliphatic heterocycles. The van der Waals surface area contributed by atoms with Crippen molar-refractivity contribution in [2.24, 2.45) is 0 Å². The number of carbonyl (C=O) groups is 1. The Labute approximate surface area is 191 Å². The minimum absolute atomic E-state index is 0.147. The summed E-state index contributed by atoms with van der Waals surface area (Å²) in [4.78, 5) is 26.5. The summed E-state index contributed by atoms with van der Waals surface area (Å²) in [5, 5.41) is 12.1. The second kappa shape index (κ2) is 9.28. The largest absolute Gasteiger partial charge is 0.497 e. The topological polar surface area (TPSA) is 99.2 Å². The van der Waals surface area contributed by atoms with Crippen LogP contribution in [0.1, 0.15) is 37.6 Å². The van der Waals surface area contributed by atoms with Crippen molar-refractivity contribution in [1.82, 2.24) is 14.9 Å². The molecule has 0 saturated heterocycles. The molecular weight excluding hydrogens is 420 g/mol. The molecule has 4 aromatic rings. The van der Waals surface area contributed by atoms with Crippen LogP contribution in [-0.2, 0) is 11.2 Å². The van der Waals surface area contributed by atoms with Crippen LogP contribution in [0.15, 0.2) is 57.8 Å². The number of nitrogens with zero attached hydrogens (tertiary/aromatic N) is 3. The van der Waals surface area contributed by atoms with Crippen molar-refractivity contribution in [2.75, 3.05) is 12.4 Å². The van der Waals surface area contributed by atoms with E-state index in [0.29, 0.717) is 29.0 Å². The molecule has 0 unspecified atom stereocenters. The standard InChI is InChI=1S/C25H26N4O4/c1-5-16-9-7-8-10-19(16)26-24(30)20(6-2)29-25(31)23-21(15(3)33-28-23)22(27-29)17-11-13-18(32-4)14-12-17/h7-14,20H,5-6H2,1-4H3,(H,26,30)/t20-/m0/s1. The molecule has 2 aromatic heterocycles. The maximum absolute atomic E-state index is 13.3. The van der Waals surface area contributed by atoms with Gasteiger partial charge in [-0.3, -0.25) is 9.59 Å². The van der Waals surface area contributed by atoms with Gasteiger partial charge in [0.25, 0.3) is 5.56 Å². The number of methoxy groups -OCH3 is 1. The molecule has 0 fully saturated rings. The Morgan fingerprint density at radius 3 is 2.55 bits per heavy atom. The summed E-state index contributed by atoms with van der Waals surface area (Å²) in [6.07, 6.45) is 1.15. The monoisotopic (exact) mass is 446 g/mol. The van der Waals surface area contributed by atoms with E-state index in [-0.39, 0.29) is 11.4 Å². The summed E-state index contributed by atoms with van der Waals surface area (Å²) in [7, 11) is 1.59. The van der Waals surface area contributed by atoms with Crippen LogP contribution in [0.3, 0.4) is 0 Å². The minimum Gasteiger partial charge on any atom is -0.497 e. The van der Waals surface area contributed by atoms with Crippen molar-refractivity contribution in [3.8, 4) is 17.0 Å². The highest BCUT2D eigenvalue weighted by Crippen LogP contribution is 2.29. The highest BCUT2D eigenvalue weighted by molar-refractivity contribution is 5.96. The SMILES string of the molecule is CCc1ccccc1NC(=O)[C@H](CC)n1nc(-c2ccc(OC)cc2)c2c(C)onc2c1=O. The first-order chi connectivity index (χ1) is 16.0. The molecule has 0 radical (unpaired) electrons.